The summed E-state index contributed by atoms with van der Waals surface area (Å²) in [5.74, 6) is -0.0820. The normalized spacial score (nSPS) is 15.2. The molecule has 164 valence electrons. The molecule has 0 N–H and O–H groups in total. The van der Waals surface area contributed by atoms with Gasteiger partial charge in [0, 0.05) is 28.7 Å². The molecule has 0 spiro atoms. The highest BCUT2D eigenvalue weighted by atomic mass is 35.5. The van der Waals surface area contributed by atoms with Gasteiger partial charge in [0.15, 0.2) is 4.32 Å². The SMILES string of the molecule is CCc1cccc2c(/C=C3\SC(=S)N(c4ccccc4)C3=O)cn(Cc3ccc(Cl)cc3)c12. The summed E-state index contributed by atoms with van der Waals surface area (Å²) >= 11 is 13.0. The fourth-order valence-corrected chi connectivity index (χ4v) is 5.60. The molecule has 0 bridgehead atoms. The fraction of sp³-hybridized carbons (Fsp3) is 0.111. The highest BCUT2D eigenvalue weighted by molar-refractivity contribution is 8.27. The molecule has 0 aliphatic carbocycles. The number of fused-ring (bicyclic) bond motifs is 1. The quantitative estimate of drug-likeness (QED) is 0.217. The number of rotatable bonds is 5. The van der Waals surface area contributed by atoms with E-state index in [0.717, 1.165) is 34.6 Å². The molecule has 3 nitrogen and oxygen atoms in total. The van der Waals surface area contributed by atoms with Crippen molar-refractivity contribution in [3.8, 4) is 0 Å². The maximum Gasteiger partial charge on any atom is 0.270 e. The second-order valence-electron chi connectivity index (χ2n) is 7.86. The van der Waals surface area contributed by atoms with Crippen LogP contribution in [0.5, 0.6) is 0 Å². The zero-order valence-electron chi connectivity index (χ0n) is 18.0. The van der Waals surface area contributed by atoms with Gasteiger partial charge < -0.3 is 4.57 Å². The predicted octanol–water partition coefficient (Wildman–Crippen LogP) is 7.31. The standard InChI is InChI=1S/C27H21ClN2OS2/c1-2-19-7-6-10-23-20(17-29(25(19)23)16-18-11-13-21(28)14-12-18)15-24-26(31)30(27(32)33-24)22-8-4-3-5-9-22/h3-15,17H,2,16H2,1H3/b24-15-. The van der Waals surface area contributed by atoms with Crippen molar-refractivity contribution in [1.29, 1.82) is 0 Å². The summed E-state index contributed by atoms with van der Waals surface area (Å²) in [4.78, 5) is 15.5. The molecule has 0 unspecified atom stereocenters. The van der Waals surface area contributed by atoms with Crippen molar-refractivity contribution < 1.29 is 4.79 Å². The van der Waals surface area contributed by atoms with Gasteiger partial charge in [0.05, 0.1) is 16.1 Å². The number of aryl methyl sites for hydroxylation is 1. The van der Waals surface area contributed by atoms with Crippen LogP contribution in [0, 0.1) is 0 Å². The van der Waals surface area contributed by atoms with Gasteiger partial charge >= 0.3 is 0 Å². The van der Waals surface area contributed by atoms with Crippen molar-refractivity contribution in [3.05, 3.63) is 106 Å². The minimum Gasteiger partial charge on any atom is -0.342 e. The zero-order chi connectivity index (χ0) is 22.9. The lowest BCUT2D eigenvalue weighted by Crippen LogP contribution is -2.27. The van der Waals surface area contributed by atoms with E-state index in [9.17, 15) is 4.79 Å². The van der Waals surface area contributed by atoms with Crippen LogP contribution in [0.25, 0.3) is 17.0 Å². The number of benzene rings is 3. The third-order valence-electron chi connectivity index (χ3n) is 5.75. The van der Waals surface area contributed by atoms with Gasteiger partial charge in [-0.2, -0.15) is 0 Å². The van der Waals surface area contributed by atoms with Crippen LogP contribution < -0.4 is 4.90 Å². The molecule has 1 fully saturated rings. The molecule has 0 saturated carbocycles. The Balaban J connectivity index is 1.57. The summed E-state index contributed by atoms with van der Waals surface area (Å²) in [6.07, 6.45) is 5.04. The molecule has 5 rings (SSSR count). The van der Waals surface area contributed by atoms with E-state index >= 15 is 0 Å². The highest BCUT2D eigenvalue weighted by Crippen LogP contribution is 2.37. The Morgan fingerprint density at radius 3 is 2.48 bits per heavy atom. The van der Waals surface area contributed by atoms with Crippen molar-refractivity contribution in [2.75, 3.05) is 4.90 Å². The molecule has 0 atom stereocenters. The summed E-state index contributed by atoms with van der Waals surface area (Å²) in [6, 6.07) is 23.9. The van der Waals surface area contributed by atoms with E-state index in [0.29, 0.717) is 9.23 Å². The average molecular weight is 489 g/mol. The lowest BCUT2D eigenvalue weighted by atomic mass is 10.1. The van der Waals surface area contributed by atoms with Crippen LogP contribution in [0.15, 0.2) is 83.9 Å². The second kappa shape index (κ2) is 9.18. The van der Waals surface area contributed by atoms with Crippen LogP contribution in [-0.2, 0) is 17.8 Å². The molecule has 1 amide bonds. The Bertz CT molecular complexity index is 1390. The number of carbonyl (C=O) groups is 1. The number of thiocarbonyl (C=S) groups is 1. The number of aromatic nitrogens is 1. The van der Waals surface area contributed by atoms with E-state index in [-0.39, 0.29) is 5.91 Å². The van der Waals surface area contributed by atoms with E-state index in [1.54, 1.807) is 4.90 Å². The maximum atomic E-state index is 13.2. The van der Waals surface area contributed by atoms with Crippen LogP contribution in [-0.4, -0.2) is 14.8 Å². The molecule has 1 saturated heterocycles. The van der Waals surface area contributed by atoms with Crippen molar-refractivity contribution in [1.82, 2.24) is 4.57 Å². The smallest absolute Gasteiger partial charge is 0.270 e. The van der Waals surface area contributed by atoms with Gasteiger partial charge in [-0.15, -0.1) is 0 Å². The molecule has 1 aromatic heterocycles. The largest absolute Gasteiger partial charge is 0.342 e. The molecular weight excluding hydrogens is 468 g/mol. The summed E-state index contributed by atoms with van der Waals surface area (Å²) in [7, 11) is 0. The molecule has 1 aliphatic rings. The number of para-hydroxylation sites is 2. The first-order valence-corrected chi connectivity index (χ1v) is 12.3. The van der Waals surface area contributed by atoms with Gasteiger partial charge in [-0.25, -0.2) is 0 Å². The molecule has 3 aromatic carbocycles. The number of nitrogens with zero attached hydrogens (tertiary/aromatic N) is 2. The predicted molar refractivity (Wildman–Crippen MR) is 144 cm³/mol. The average Bonchev–Trinajstić information content (AvgIpc) is 3.32. The van der Waals surface area contributed by atoms with Crippen LogP contribution in [0.4, 0.5) is 5.69 Å². The van der Waals surface area contributed by atoms with E-state index in [2.05, 4.69) is 35.9 Å². The van der Waals surface area contributed by atoms with Crippen LogP contribution in [0.3, 0.4) is 0 Å². The van der Waals surface area contributed by atoms with Crippen molar-refractivity contribution >= 4 is 68.5 Å². The van der Waals surface area contributed by atoms with Gasteiger partial charge in [0.1, 0.15) is 0 Å². The number of halogens is 1. The van der Waals surface area contributed by atoms with Gasteiger partial charge in [0.25, 0.3) is 5.91 Å². The minimum atomic E-state index is -0.0820. The van der Waals surface area contributed by atoms with Crippen molar-refractivity contribution in [2.45, 2.75) is 19.9 Å². The lowest BCUT2D eigenvalue weighted by molar-refractivity contribution is -0.113. The molecule has 2 heterocycles. The molecule has 0 radical (unpaired) electrons. The Labute approximate surface area is 207 Å². The fourth-order valence-electron chi connectivity index (χ4n) is 4.19. The summed E-state index contributed by atoms with van der Waals surface area (Å²) in [6.45, 7) is 2.89. The van der Waals surface area contributed by atoms with Crippen LogP contribution in [0.1, 0.15) is 23.6 Å². The van der Waals surface area contributed by atoms with Crippen LogP contribution in [0.2, 0.25) is 5.02 Å². The Morgan fingerprint density at radius 2 is 1.76 bits per heavy atom. The summed E-state index contributed by atoms with van der Waals surface area (Å²) in [5.41, 5.74) is 5.45. The Hall–Kier alpha value is -2.86. The van der Waals surface area contributed by atoms with E-state index < -0.39 is 0 Å². The minimum absolute atomic E-state index is 0.0820. The first kappa shape index (κ1) is 22.0. The first-order valence-electron chi connectivity index (χ1n) is 10.7. The first-order chi connectivity index (χ1) is 16.0. The van der Waals surface area contributed by atoms with Crippen molar-refractivity contribution in [2.24, 2.45) is 0 Å². The van der Waals surface area contributed by atoms with Crippen LogP contribution >= 0.6 is 35.6 Å². The lowest BCUT2D eigenvalue weighted by Gasteiger charge is -2.13. The van der Waals surface area contributed by atoms with E-state index in [1.807, 2.05) is 60.7 Å². The molecule has 33 heavy (non-hydrogen) atoms. The number of anilines is 1. The Kier molecular flexibility index (Phi) is 6.11. The number of hydrogen-bond acceptors (Lipinski definition) is 3. The molecule has 1 aliphatic heterocycles. The third-order valence-corrected chi connectivity index (χ3v) is 7.31. The van der Waals surface area contributed by atoms with Gasteiger partial charge in [-0.05, 0) is 47.9 Å². The topological polar surface area (TPSA) is 25.2 Å². The molecule has 6 heteroatoms. The number of thioether (sulfide) groups is 1. The monoisotopic (exact) mass is 488 g/mol. The number of carbonyl (C=O) groups excluding carboxylic acids is 1. The highest BCUT2D eigenvalue weighted by Gasteiger charge is 2.33. The molecular formula is C27H21ClN2OS2. The third kappa shape index (κ3) is 4.24. The van der Waals surface area contributed by atoms with Crippen molar-refractivity contribution in [3.63, 3.8) is 0 Å². The zero-order valence-corrected chi connectivity index (χ0v) is 20.4. The van der Waals surface area contributed by atoms with Gasteiger partial charge in [-0.1, -0.05) is 91.0 Å². The Morgan fingerprint density at radius 1 is 1.00 bits per heavy atom. The number of amides is 1. The van der Waals surface area contributed by atoms with E-state index in [1.165, 1.54) is 28.4 Å². The maximum absolute atomic E-state index is 13.2. The summed E-state index contributed by atoms with van der Waals surface area (Å²) < 4.78 is 2.82. The van der Waals surface area contributed by atoms with Gasteiger partial charge in [-0.3, -0.25) is 9.69 Å². The number of hydrogen-bond donors (Lipinski definition) is 0. The summed E-state index contributed by atoms with van der Waals surface area (Å²) in [5, 5.41) is 1.86. The second-order valence-corrected chi connectivity index (χ2v) is 9.97. The molecule has 4 aromatic rings. The van der Waals surface area contributed by atoms with Gasteiger partial charge in [0.2, 0.25) is 0 Å². The van der Waals surface area contributed by atoms with E-state index in [4.69, 9.17) is 23.8 Å².